The zero-order valence-electron chi connectivity index (χ0n) is 16.5. The van der Waals surface area contributed by atoms with E-state index in [1.165, 1.54) is 11.3 Å². The molecule has 0 saturated carbocycles. The first-order valence-corrected chi connectivity index (χ1v) is 10.3. The molecule has 0 bridgehead atoms. The lowest BCUT2D eigenvalue weighted by Crippen LogP contribution is -2.48. The van der Waals surface area contributed by atoms with Gasteiger partial charge in [-0.15, -0.1) is 0 Å². The molecule has 0 N–H and O–H groups in total. The van der Waals surface area contributed by atoms with Crippen LogP contribution in [-0.4, -0.2) is 42.0 Å². The van der Waals surface area contributed by atoms with Crippen LogP contribution in [0, 0.1) is 6.92 Å². The molecule has 1 saturated heterocycles. The van der Waals surface area contributed by atoms with Gasteiger partial charge in [0.2, 0.25) is 5.91 Å². The Bertz CT molecular complexity index is 976. The predicted molar refractivity (Wildman–Crippen MR) is 115 cm³/mol. The van der Waals surface area contributed by atoms with E-state index in [0.717, 1.165) is 31.7 Å². The molecular formula is C23H24ClN3O2. The number of carbonyl (C=O) groups excluding carboxylic acids is 1. The number of aromatic nitrogens is 1. The summed E-state index contributed by atoms with van der Waals surface area (Å²) < 4.78 is 5.80. The SMILES string of the molecule is Cc1cccc(N2CCN(C(=O)CCc3ncc(-c4ccc(Cl)cc4)o3)CC2)c1. The van der Waals surface area contributed by atoms with Gasteiger partial charge in [-0.3, -0.25) is 4.79 Å². The van der Waals surface area contributed by atoms with Crippen LogP contribution in [0.1, 0.15) is 17.9 Å². The summed E-state index contributed by atoms with van der Waals surface area (Å²) in [6, 6.07) is 15.9. The molecule has 1 fully saturated rings. The molecule has 5 nitrogen and oxygen atoms in total. The van der Waals surface area contributed by atoms with E-state index in [1.54, 1.807) is 6.20 Å². The summed E-state index contributed by atoms with van der Waals surface area (Å²) in [7, 11) is 0. The summed E-state index contributed by atoms with van der Waals surface area (Å²) in [5.41, 5.74) is 3.41. The summed E-state index contributed by atoms with van der Waals surface area (Å²) in [5, 5.41) is 0.682. The van der Waals surface area contributed by atoms with E-state index in [9.17, 15) is 4.79 Å². The fraction of sp³-hybridized carbons (Fsp3) is 0.304. The summed E-state index contributed by atoms with van der Waals surface area (Å²) in [6.07, 6.45) is 2.61. The number of carbonyl (C=O) groups is 1. The first-order chi connectivity index (χ1) is 14.1. The van der Waals surface area contributed by atoms with Crippen molar-refractivity contribution >= 4 is 23.2 Å². The van der Waals surface area contributed by atoms with Crippen molar-refractivity contribution in [3.8, 4) is 11.3 Å². The molecule has 1 aliphatic rings. The van der Waals surface area contributed by atoms with Gasteiger partial charge in [0.25, 0.3) is 0 Å². The summed E-state index contributed by atoms with van der Waals surface area (Å²) in [4.78, 5) is 21.2. The number of hydrogen-bond acceptors (Lipinski definition) is 4. The largest absolute Gasteiger partial charge is 0.441 e. The number of piperazine rings is 1. The van der Waals surface area contributed by atoms with Crippen LogP contribution < -0.4 is 4.90 Å². The standard InChI is InChI=1S/C23H24ClN3O2/c1-17-3-2-4-20(15-17)26-11-13-27(14-12-26)23(28)10-9-22-25-16-21(29-22)18-5-7-19(24)8-6-18/h2-8,15-16H,9-14H2,1H3. The lowest BCUT2D eigenvalue weighted by molar-refractivity contribution is -0.131. The van der Waals surface area contributed by atoms with Gasteiger partial charge in [-0.2, -0.15) is 0 Å². The van der Waals surface area contributed by atoms with E-state index in [1.807, 2.05) is 29.2 Å². The molecule has 0 atom stereocenters. The fourth-order valence-corrected chi connectivity index (χ4v) is 3.71. The molecule has 1 aromatic heterocycles. The van der Waals surface area contributed by atoms with Crippen molar-refractivity contribution < 1.29 is 9.21 Å². The Hall–Kier alpha value is -2.79. The number of benzene rings is 2. The van der Waals surface area contributed by atoms with Gasteiger partial charge >= 0.3 is 0 Å². The van der Waals surface area contributed by atoms with Crippen LogP contribution in [0.3, 0.4) is 0 Å². The lowest BCUT2D eigenvalue weighted by atomic mass is 10.2. The first-order valence-electron chi connectivity index (χ1n) is 9.88. The minimum absolute atomic E-state index is 0.153. The van der Waals surface area contributed by atoms with Gasteiger partial charge in [0, 0.05) is 55.3 Å². The quantitative estimate of drug-likeness (QED) is 0.618. The second-order valence-electron chi connectivity index (χ2n) is 7.33. The van der Waals surface area contributed by atoms with Crippen LogP contribution in [0.5, 0.6) is 0 Å². The Labute approximate surface area is 175 Å². The fourth-order valence-electron chi connectivity index (χ4n) is 3.58. The average molecular weight is 410 g/mol. The average Bonchev–Trinajstić information content (AvgIpc) is 3.22. The van der Waals surface area contributed by atoms with Gasteiger partial charge in [0.05, 0.1) is 6.20 Å². The molecule has 1 aliphatic heterocycles. The van der Waals surface area contributed by atoms with E-state index in [0.29, 0.717) is 29.5 Å². The van der Waals surface area contributed by atoms with Crippen molar-refractivity contribution in [1.82, 2.24) is 9.88 Å². The maximum absolute atomic E-state index is 12.6. The summed E-state index contributed by atoms with van der Waals surface area (Å²) in [6.45, 7) is 5.30. The number of oxazole rings is 1. The molecule has 4 rings (SSSR count). The van der Waals surface area contributed by atoms with Crippen molar-refractivity contribution in [2.24, 2.45) is 0 Å². The Morgan fingerprint density at radius 3 is 2.59 bits per heavy atom. The normalized spacial score (nSPS) is 14.3. The van der Waals surface area contributed by atoms with Crippen LogP contribution in [0.4, 0.5) is 5.69 Å². The molecule has 0 spiro atoms. The maximum Gasteiger partial charge on any atom is 0.223 e. The number of aryl methyl sites for hydroxylation is 2. The molecule has 3 aromatic rings. The Balaban J connectivity index is 1.28. The molecule has 0 aliphatic carbocycles. The third-order valence-electron chi connectivity index (χ3n) is 5.23. The number of nitrogens with zero attached hydrogens (tertiary/aromatic N) is 3. The molecule has 29 heavy (non-hydrogen) atoms. The van der Waals surface area contributed by atoms with E-state index in [2.05, 4.69) is 41.1 Å². The number of halogens is 1. The highest BCUT2D eigenvalue weighted by atomic mass is 35.5. The van der Waals surface area contributed by atoms with Gasteiger partial charge in [-0.25, -0.2) is 4.98 Å². The smallest absolute Gasteiger partial charge is 0.223 e. The summed E-state index contributed by atoms with van der Waals surface area (Å²) >= 11 is 5.92. The van der Waals surface area contributed by atoms with Crippen molar-refractivity contribution in [2.45, 2.75) is 19.8 Å². The van der Waals surface area contributed by atoms with Crippen LogP contribution in [0.15, 0.2) is 59.1 Å². The number of hydrogen-bond donors (Lipinski definition) is 0. The number of anilines is 1. The molecule has 150 valence electrons. The monoisotopic (exact) mass is 409 g/mol. The van der Waals surface area contributed by atoms with Gasteiger partial charge < -0.3 is 14.2 Å². The zero-order chi connectivity index (χ0) is 20.2. The highest BCUT2D eigenvalue weighted by Gasteiger charge is 2.21. The second kappa shape index (κ2) is 8.70. The van der Waals surface area contributed by atoms with E-state index in [-0.39, 0.29) is 5.91 Å². The van der Waals surface area contributed by atoms with Crippen molar-refractivity contribution in [3.63, 3.8) is 0 Å². The van der Waals surface area contributed by atoms with Crippen molar-refractivity contribution in [3.05, 3.63) is 71.2 Å². The Kier molecular flexibility index (Phi) is 5.86. The van der Waals surface area contributed by atoms with Gasteiger partial charge in [-0.05, 0) is 48.9 Å². The molecule has 6 heteroatoms. The van der Waals surface area contributed by atoms with Gasteiger partial charge in [0.15, 0.2) is 11.7 Å². The van der Waals surface area contributed by atoms with Crippen molar-refractivity contribution in [2.75, 3.05) is 31.1 Å². The van der Waals surface area contributed by atoms with Crippen LogP contribution in [-0.2, 0) is 11.2 Å². The lowest BCUT2D eigenvalue weighted by Gasteiger charge is -2.36. The third-order valence-corrected chi connectivity index (χ3v) is 5.49. The maximum atomic E-state index is 12.6. The highest BCUT2D eigenvalue weighted by molar-refractivity contribution is 6.30. The van der Waals surface area contributed by atoms with Crippen LogP contribution in [0.2, 0.25) is 5.02 Å². The van der Waals surface area contributed by atoms with Gasteiger partial charge in [0.1, 0.15) is 0 Å². The van der Waals surface area contributed by atoms with Crippen LogP contribution >= 0.6 is 11.6 Å². The predicted octanol–water partition coefficient (Wildman–Crippen LogP) is 4.58. The molecule has 0 unspecified atom stereocenters. The first kappa shape index (κ1) is 19.5. The minimum atomic E-state index is 0.153. The van der Waals surface area contributed by atoms with E-state index in [4.69, 9.17) is 16.0 Å². The van der Waals surface area contributed by atoms with Crippen LogP contribution in [0.25, 0.3) is 11.3 Å². The minimum Gasteiger partial charge on any atom is -0.441 e. The summed E-state index contributed by atoms with van der Waals surface area (Å²) in [5.74, 6) is 1.43. The second-order valence-corrected chi connectivity index (χ2v) is 7.77. The van der Waals surface area contributed by atoms with Gasteiger partial charge in [-0.1, -0.05) is 23.7 Å². The van der Waals surface area contributed by atoms with E-state index >= 15 is 0 Å². The number of amides is 1. The molecule has 0 radical (unpaired) electrons. The van der Waals surface area contributed by atoms with Crippen molar-refractivity contribution in [1.29, 1.82) is 0 Å². The zero-order valence-corrected chi connectivity index (χ0v) is 17.2. The molecule has 2 heterocycles. The Morgan fingerprint density at radius 1 is 1.10 bits per heavy atom. The Morgan fingerprint density at radius 2 is 1.86 bits per heavy atom. The molecule has 1 amide bonds. The highest BCUT2D eigenvalue weighted by Crippen LogP contribution is 2.23. The molecule has 2 aromatic carbocycles. The number of rotatable bonds is 5. The topological polar surface area (TPSA) is 49.6 Å². The van der Waals surface area contributed by atoms with E-state index < -0.39 is 0 Å². The molecular weight excluding hydrogens is 386 g/mol. The third kappa shape index (κ3) is 4.80.